The van der Waals surface area contributed by atoms with Gasteiger partial charge in [-0.1, -0.05) is 0 Å². The molecule has 0 aromatic carbocycles. The van der Waals surface area contributed by atoms with Crippen LogP contribution in [-0.2, 0) is 14.3 Å². The van der Waals surface area contributed by atoms with Crippen molar-refractivity contribution in [1.29, 1.82) is 0 Å². The molecule has 1 saturated heterocycles. The Hall–Kier alpha value is -0.820. The maximum atomic E-state index is 12.3. The van der Waals surface area contributed by atoms with Crippen molar-refractivity contribution in [3.63, 3.8) is 0 Å². The van der Waals surface area contributed by atoms with Crippen LogP contribution in [0.25, 0.3) is 0 Å². The molecule has 0 aromatic heterocycles. The first-order chi connectivity index (χ1) is 6.80. The van der Waals surface area contributed by atoms with Crippen molar-refractivity contribution in [2.45, 2.75) is 44.4 Å². The van der Waals surface area contributed by atoms with E-state index in [1.807, 2.05) is 0 Å². The molecule has 1 aliphatic heterocycles. The first-order valence-corrected chi connectivity index (χ1v) is 4.38. The van der Waals surface area contributed by atoms with E-state index in [1.54, 1.807) is 0 Å². The molecule has 1 heterocycles. The predicted octanol–water partition coefficient (Wildman–Crippen LogP) is 0.978. The van der Waals surface area contributed by atoms with Crippen LogP contribution in [0.2, 0.25) is 0 Å². The number of halogens is 3. The lowest BCUT2D eigenvalue weighted by atomic mass is 10.0. The van der Waals surface area contributed by atoms with E-state index in [4.69, 9.17) is 5.11 Å². The highest BCUT2D eigenvalue weighted by Crippen LogP contribution is 2.32. The van der Waals surface area contributed by atoms with Crippen molar-refractivity contribution in [1.82, 2.24) is 0 Å². The van der Waals surface area contributed by atoms with Crippen molar-refractivity contribution in [2.75, 3.05) is 0 Å². The number of aliphatic hydroxyl groups is 1. The van der Waals surface area contributed by atoms with Gasteiger partial charge in [-0.25, -0.2) is 0 Å². The van der Waals surface area contributed by atoms with Crippen LogP contribution in [0.3, 0.4) is 0 Å². The van der Waals surface area contributed by atoms with Crippen LogP contribution < -0.4 is 0 Å². The van der Waals surface area contributed by atoms with Gasteiger partial charge in [0.15, 0.2) is 6.10 Å². The summed E-state index contributed by atoms with van der Waals surface area (Å²) in [5.41, 5.74) is 0. The average molecular weight is 228 g/mol. The van der Waals surface area contributed by atoms with Gasteiger partial charge in [-0.15, -0.1) is 0 Å². The molecule has 0 aliphatic carbocycles. The van der Waals surface area contributed by atoms with Gasteiger partial charge >= 0.3 is 12.1 Å². The Morgan fingerprint density at radius 2 is 2.07 bits per heavy atom. The Kier molecular flexibility index (Phi) is 3.56. The zero-order valence-corrected chi connectivity index (χ0v) is 7.95. The number of hydrogen-bond donors (Lipinski definition) is 1. The third-order valence-electron chi connectivity index (χ3n) is 1.97. The summed E-state index contributed by atoms with van der Waals surface area (Å²) in [4.78, 5) is 10.5. The van der Waals surface area contributed by atoms with Crippen molar-refractivity contribution < 1.29 is 32.5 Å². The lowest BCUT2D eigenvalue weighted by Gasteiger charge is -2.33. The van der Waals surface area contributed by atoms with Crippen LogP contribution in [0, 0.1) is 0 Å². The van der Waals surface area contributed by atoms with Crippen LogP contribution in [0.15, 0.2) is 0 Å². The number of carbonyl (C=O) groups excluding carboxylic acids is 1. The zero-order chi connectivity index (χ0) is 11.6. The molecule has 15 heavy (non-hydrogen) atoms. The maximum Gasteiger partial charge on any atom is 0.417 e. The molecule has 88 valence electrons. The number of rotatable bonds is 1. The van der Waals surface area contributed by atoms with Gasteiger partial charge in [0.2, 0.25) is 6.29 Å². The van der Waals surface area contributed by atoms with Crippen molar-refractivity contribution in [2.24, 2.45) is 0 Å². The molecular formula is C8H11F3O4. The topological polar surface area (TPSA) is 55.8 Å². The Balaban J connectivity index is 2.60. The van der Waals surface area contributed by atoms with E-state index in [-0.39, 0.29) is 12.8 Å². The molecule has 1 N–H and O–H groups in total. The van der Waals surface area contributed by atoms with E-state index in [0.717, 1.165) is 6.92 Å². The van der Waals surface area contributed by atoms with Crippen molar-refractivity contribution in [3.8, 4) is 0 Å². The lowest BCUT2D eigenvalue weighted by Crippen LogP contribution is -2.48. The van der Waals surface area contributed by atoms with Gasteiger partial charge in [-0.05, 0) is 6.42 Å². The van der Waals surface area contributed by atoms with Crippen molar-refractivity contribution >= 4 is 5.97 Å². The molecule has 1 aliphatic rings. The summed E-state index contributed by atoms with van der Waals surface area (Å²) in [7, 11) is 0. The summed E-state index contributed by atoms with van der Waals surface area (Å²) in [5, 5.41) is 9.07. The number of carbonyl (C=O) groups is 1. The highest BCUT2D eigenvalue weighted by Gasteiger charge is 2.49. The molecule has 4 nitrogen and oxygen atoms in total. The Morgan fingerprint density at radius 3 is 2.53 bits per heavy atom. The molecule has 1 rings (SSSR count). The van der Waals surface area contributed by atoms with E-state index in [2.05, 4.69) is 9.47 Å². The highest BCUT2D eigenvalue weighted by atomic mass is 19.4. The molecule has 0 aromatic rings. The number of alkyl halides is 3. The van der Waals surface area contributed by atoms with Crippen LogP contribution >= 0.6 is 0 Å². The quantitative estimate of drug-likeness (QED) is 0.679. The smallest absolute Gasteiger partial charge is 0.417 e. The highest BCUT2D eigenvalue weighted by molar-refractivity contribution is 5.66. The van der Waals surface area contributed by atoms with Gasteiger partial charge in [0, 0.05) is 13.3 Å². The first-order valence-electron chi connectivity index (χ1n) is 4.38. The number of aliphatic hydroxyl groups excluding tert-OH is 1. The lowest BCUT2D eigenvalue weighted by molar-refractivity contribution is -0.305. The molecule has 3 unspecified atom stereocenters. The minimum Gasteiger partial charge on any atom is -0.436 e. The summed E-state index contributed by atoms with van der Waals surface area (Å²) in [5.74, 6) is -0.711. The average Bonchev–Trinajstić information content (AvgIpc) is 2.05. The fraction of sp³-hybridized carbons (Fsp3) is 0.875. The van der Waals surface area contributed by atoms with Gasteiger partial charge in [0.1, 0.15) is 0 Å². The third kappa shape index (κ3) is 3.35. The van der Waals surface area contributed by atoms with Crippen molar-refractivity contribution in [3.05, 3.63) is 0 Å². The molecule has 7 heteroatoms. The summed E-state index contributed by atoms with van der Waals surface area (Å²) >= 11 is 0. The van der Waals surface area contributed by atoms with Gasteiger partial charge in [-0.3, -0.25) is 4.79 Å². The molecule has 0 radical (unpaired) electrons. The minimum absolute atomic E-state index is 0.0628. The fourth-order valence-electron chi connectivity index (χ4n) is 1.35. The van der Waals surface area contributed by atoms with E-state index in [9.17, 15) is 18.0 Å². The van der Waals surface area contributed by atoms with E-state index in [1.165, 1.54) is 0 Å². The molecule has 1 fully saturated rings. The Labute approximate surface area is 84.0 Å². The van der Waals surface area contributed by atoms with Gasteiger partial charge < -0.3 is 14.6 Å². The second-order valence-electron chi connectivity index (χ2n) is 3.28. The Morgan fingerprint density at radius 1 is 1.47 bits per heavy atom. The fourth-order valence-corrected chi connectivity index (χ4v) is 1.35. The Bertz CT molecular complexity index is 241. The van der Waals surface area contributed by atoms with E-state index in [0.29, 0.717) is 0 Å². The standard InChI is InChI=1S/C8H11F3O4/c1-4(12)14-6-3-2-5(13)7(15-6)8(9,10)11/h5-7,13H,2-3H2,1H3. The number of esters is 1. The number of hydrogen-bond acceptors (Lipinski definition) is 4. The molecular weight excluding hydrogens is 217 g/mol. The summed E-state index contributed by atoms with van der Waals surface area (Å²) in [6, 6.07) is 0. The molecule has 3 atom stereocenters. The summed E-state index contributed by atoms with van der Waals surface area (Å²) in [6.07, 6.45) is -9.81. The third-order valence-corrected chi connectivity index (χ3v) is 1.97. The van der Waals surface area contributed by atoms with Crippen LogP contribution in [0.5, 0.6) is 0 Å². The zero-order valence-electron chi connectivity index (χ0n) is 7.95. The summed E-state index contributed by atoms with van der Waals surface area (Å²) < 4.78 is 45.8. The van der Waals surface area contributed by atoms with Crippen LogP contribution in [-0.4, -0.2) is 35.8 Å². The van der Waals surface area contributed by atoms with Gasteiger partial charge in [0.25, 0.3) is 0 Å². The van der Waals surface area contributed by atoms with E-state index >= 15 is 0 Å². The first kappa shape index (κ1) is 12.3. The summed E-state index contributed by atoms with van der Waals surface area (Å²) in [6.45, 7) is 1.08. The number of ether oxygens (including phenoxy) is 2. The second-order valence-corrected chi connectivity index (χ2v) is 3.28. The monoisotopic (exact) mass is 228 g/mol. The van der Waals surface area contributed by atoms with Crippen LogP contribution in [0.4, 0.5) is 13.2 Å². The molecule has 0 bridgehead atoms. The molecule has 0 amide bonds. The maximum absolute atomic E-state index is 12.3. The second kappa shape index (κ2) is 4.36. The minimum atomic E-state index is -4.65. The van der Waals surface area contributed by atoms with Crippen LogP contribution in [0.1, 0.15) is 19.8 Å². The SMILES string of the molecule is CC(=O)OC1CCC(O)C(C(F)(F)F)O1. The van der Waals surface area contributed by atoms with E-state index < -0.39 is 30.6 Å². The largest absolute Gasteiger partial charge is 0.436 e. The normalized spacial score (nSPS) is 32.5. The van der Waals surface area contributed by atoms with Gasteiger partial charge in [-0.2, -0.15) is 13.2 Å². The predicted molar refractivity (Wildman–Crippen MR) is 41.7 cm³/mol. The van der Waals surface area contributed by atoms with Gasteiger partial charge in [0.05, 0.1) is 6.10 Å². The molecule has 0 spiro atoms. The molecule has 0 saturated carbocycles.